The highest BCUT2D eigenvalue weighted by molar-refractivity contribution is 5.93. The number of carbonyl (C=O) groups excluding carboxylic acids is 3. The monoisotopic (exact) mass is 356 g/mol. The fourth-order valence-electron chi connectivity index (χ4n) is 2.50. The van der Waals surface area contributed by atoms with Gasteiger partial charge in [-0.25, -0.2) is 4.79 Å². The zero-order valence-corrected chi connectivity index (χ0v) is 16.7. The van der Waals surface area contributed by atoms with E-state index in [9.17, 15) is 14.4 Å². The minimum absolute atomic E-state index is 0.0213. The Kier molecular flexibility index (Phi) is 9.70. The second-order valence-corrected chi connectivity index (χ2v) is 8.15. The maximum absolute atomic E-state index is 12.7. The first-order valence-corrected chi connectivity index (χ1v) is 9.00. The highest BCUT2D eigenvalue weighted by Crippen LogP contribution is 2.19. The first-order chi connectivity index (χ1) is 11.4. The highest BCUT2D eigenvalue weighted by atomic mass is 16.2. The number of carbonyl (C=O) groups is 3. The molecule has 7 nitrogen and oxygen atoms in total. The Morgan fingerprint density at radius 2 is 1.60 bits per heavy atom. The van der Waals surface area contributed by atoms with E-state index in [0.29, 0.717) is 19.4 Å². The van der Waals surface area contributed by atoms with Gasteiger partial charge in [-0.2, -0.15) is 0 Å². The minimum Gasteiger partial charge on any atom is -0.352 e. The highest BCUT2D eigenvalue weighted by Gasteiger charge is 2.32. The molecule has 0 bridgehead atoms. The molecule has 2 atom stereocenters. The predicted molar refractivity (Wildman–Crippen MR) is 100 cm³/mol. The second kappa shape index (κ2) is 10.4. The van der Waals surface area contributed by atoms with Gasteiger partial charge in [-0.05, 0) is 18.8 Å². The first-order valence-electron chi connectivity index (χ1n) is 9.00. The van der Waals surface area contributed by atoms with Crippen molar-refractivity contribution in [2.24, 2.45) is 17.1 Å². The lowest BCUT2D eigenvalue weighted by Crippen LogP contribution is -2.55. The summed E-state index contributed by atoms with van der Waals surface area (Å²) >= 11 is 0. The van der Waals surface area contributed by atoms with Crippen LogP contribution in [0.15, 0.2) is 0 Å². The van der Waals surface area contributed by atoms with E-state index in [-0.39, 0.29) is 29.7 Å². The van der Waals surface area contributed by atoms with Crippen LogP contribution in [0.25, 0.3) is 0 Å². The summed E-state index contributed by atoms with van der Waals surface area (Å²) in [4.78, 5) is 36.1. The van der Waals surface area contributed by atoms with E-state index in [1.807, 2.05) is 48.5 Å². The van der Waals surface area contributed by atoms with Gasteiger partial charge in [0.1, 0.15) is 0 Å². The van der Waals surface area contributed by atoms with Crippen molar-refractivity contribution >= 4 is 17.7 Å². The third kappa shape index (κ3) is 9.43. The number of amides is 3. The molecule has 25 heavy (non-hydrogen) atoms. The molecule has 0 fully saturated rings. The molecule has 0 aromatic heterocycles. The molecule has 0 aliphatic heterocycles. The van der Waals surface area contributed by atoms with Crippen LogP contribution >= 0.6 is 0 Å². The van der Waals surface area contributed by atoms with E-state index in [1.54, 1.807) is 0 Å². The van der Waals surface area contributed by atoms with Gasteiger partial charge in [0.2, 0.25) is 5.91 Å². The van der Waals surface area contributed by atoms with E-state index in [1.165, 1.54) is 0 Å². The van der Waals surface area contributed by atoms with Crippen LogP contribution in [0.5, 0.6) is 0 Å². The zero-order chi connectivity index (χ0) is 19.8. The van der Waals surface area contributed by atoms with Gasteiger partial charge >= 0.3 is 6.03 Å². The molecule has 7 heteroatoms. The summed E-state index contributed by atoms with van der Waals surface area (Å²) in [5.41, 5.74) is 4.48. The van der Waals surface area contributed by atoms with Crippen LogP contribution in [0.1, 0.15) is 61.3 Å². The SMILES string of the molecule is CC(C)NC(C(=O)NC(CCCNC(N)=O)C(=O)C(C)(C)C)C(C)C. The standard InChI is InChI=1S/C18H36N4O3/c1-11(2)14(21-12(3)4)16(24)22-13(15(23)18(5,6)7)9-8-10-20-17(19)25/h11-14,21H,8-10H2,1-7H3,(H,22,24)(H3,19,20,25). The van der Waals surface area contributed by atoms with Crippen molar-refractivity contribution in [2.45, 2.75) is 79.4 Å². The molecule has 0 radical (unpaired) electrons. The number of nitrogens with two attached hydrogens (primary N) is 1. The van der Waals surface area contributed by atoms with Crippen molar-refractivity contribution in [3.8, 4) is 0 Å². The van der Waals surface area contributed by atoms with Gasteiger partial charge in [0.05, 0.1) is 12.1 Å². The summed E-state index contributed by atoms with van der Waals surface area (Å²) in [5.74, 6) is -0.0922. The molecule has 0 saturated carbocycles. The van der Waals surface area contributed by atoms with Crippen molar-refractivity contribution in [3.63, 3.8) is 0 Å². The van der Waals surface area contributed by atoms with Crippen LogP contribution in [-0.2, 0) is 9.59 Å². The number of hydrogen-bond donors (Lipinski definition) is 4. The Morgan fingerprint density at radius 3 is 2.00 bits per heavy atom. The number of Topliss-reactive ketones (excluding diaryl/α,β-unsaturated/α-hetero) is 1. The molecule has 3 amide bonds. The van der Waals surface area contributed by atoms with Gasteiger partial charge in [-0.15, -0.1) is 0 Å². The van der Waals surface area contributed by atoms with Gasteiger partial charge in [-0.1, -0.05) is 48.5 Å². The van der Waals surface area contributed by atoms with Crippen LogP contribution < -0.4 is 21.7 Å². The average molecular weight is 357 g/mol. The Balaban J connectivity index is 5.03. The van der Waals surface area contributed by atoms with Gasteiger partial charge < -0.3 is 21.7 Å². The molecular weight excluding hydrogens is 320 g/mol. The van der Waals surface area contributed by atoms with E-state index >= 15 is 0 Å². The predicted octanol–water partition coefficient (Wildman–Crippen LogP) is 1.56. The maximum atomic E-state index is 12.7. The molecule has 146 valence electrons. The van der Waals surface area contributed by atoms with E-state index < -0.39 is 17.5 Å². The molecule has 0 rings (SSSR count). The topological polar surface area (TPSA) is 113 Å². The fourth-order valence-corrected chi connectivity index (χ4v) is 2.50. The lowest BCUT2D eigenvalue weighted by atomic mass is 9.84. The molecule has 0 aliphatic rings. The van der Waals surface area contributed by atoms with Crippen molar-refractivity contribution in [1.82, 2.24) is 16.0 Å². The van der Waals surface area contributed by atoms with Gasteiger partial charge in [0, 0.05) is 18.0 Å². The zero-order valence-electron chi connectivity index (χ0n) is 16.7. The Morgan fingerprint density at radius 1 is 1.04 bits per heavy atom. The van der Waals surface area contributed by atoms with Crippen LogP contribution in [0.4, 0.5) is 4.79 Å². The van der Waals surface area contributed by atoms with Gasteiger partial charge in [0.25, 0.3) is 0 Å². The smallest absolute Gasteiger partial charge is 0.312 e. The quantitative estimate of drug-likeness (QED) is 0.445. The van der Waals surface area contributed by atoms with Gasteiger partial charge in [0.15, 0.2) is 5.78 Å². The third-order valence-electron chi connectivity index (χ3n) is 3.80. The number of hydrogen-bond acceptors (Lipinski definition) is 4. The molecule has 5 N–H and O–H groups in total. The van der Waals surface area contributed by atoms with Crippen LogP contribution in [0.3, 0.4) is 0 Å². The normalized spacial score (nSPS) is 14.3. The number of rotatable bonds is 10. The van der Waals surface area contributed by atoms with Crippen molar-refractivity contribution in [3.05, 3.63) is 0 Å². The summed E-state index contributed by atoms with van der Waals surface area (Å²) in [6, 6.07) is -1.38. The Labute approximate surface area is 151 Å². The summed E-state index contributed by atoms with van der Waals surface area (Å²) in [7, 11) is 0. The van der Waals surface area contributed by atoms with Crippen molar-refractivity contribution in [2.75, 3.05) is 6.54 Å². The third-order valence-corrected chi connectivity index (χ3v) is 3.80. The van der Waals surface area contributed by atoms with Crippen molar-refractivity contribution < 1.29 is 14.4 Å². The summed E-state index contributed by atoms with van der Waals surface area (Å²) in [5, 5.41) is 8.65. The van der Waals surface area contributed by atoms with Crippen LogP contribution in [0, 0.1) is 11.3 Å². The largest absolute Gasteiger partial charge is 0.352 e. The fraction of sp³-hybridized carbons (Fsp3) is 0.833. The Bertz CT molecular complexity index is 456. The number of urea groups is 1. The molecule has 2 unspecified atom stereocenters. The lowest BCUT2D eigenvalue weighted by molar-refractivity contribution is -0.133. The van der Waals surface area contributed by atoms with E-state index in [0.717, 1.165) is 0 Å². The molecule has 0 spiro atoms. The first kappa shape index (κ1) is 23.4. The summed E-state index contributed by atoms with van der Waals surface area (Å²) < 4.78 is 0. The molecule has 0 aliphatic carbocycles. The average Bonchev–Trinajstić information content (AvgIpc) is 2.45. The maximum Gasteiger partial charge on any atom is 0.312 e. The van der Waals surface area contributed by atoms with E-state index in [4.69, 9.17) is 5.73 Å². The van der Waals surface area contributed by atoms with E-state index in [2.05, 4.69) is 16.0 Å². The number of nitrogens with one attached hydrogen (secondary N) is 3. The van der Waals surface area contributed by atoms with Crippen LogP contribution in [0.2, 0.25) is 0 Å². The molecule has 0 heterocycles. The number of primary amides is 1. The number of ketones is 1. The Hall–Kier alpha value is -1.63. The lowest BCUT2D eigenvalue weighted by Gasteiger charge is -2.29. The second-order valence-electron chi connectivity index (χ2n) is 8.15. The van der Waals surface area contributed by atoms with Crippen molar-refractivity contribution in [1.29, 1.82) is 0 Å². The molecular formula is C18H36N4O3. The minimum atomic E-state index is -0.594. The summed E-state index contributed by atoms with van der Waals surface area (Å²) in [6.07, 6.45) is 1.01. The van der Waals surface area contributed by atoms with Crippen LogP contribution in [-0.4, -0.2) is 42.4 Å². The molecule has 0 saturated heterocycles. The molecule has 0 aromatic rings. The van der Waals surface area contributed by atoms with Gasteiger partial charge in [-0.3, -0.25) is 9.59 Å². The molecule has 0 aromatic carbocycles. The summed E-state index contributed by atoms with van der Waals surface area (Å²) in [6.45, 7) is 13.8.